The number of esters is 1. The maximum atomic E-state index is 12.2. The third-order valence-electron chi connectivity index (χ3n) is 7.32. The predicted octanol–water partition coefficient (Wildman–Crippen LogP) is 5.29. The Morgan fingerprint density at radius 3 is 2.05 bits per heavy atom. The lowest BCUT2D eigenvalue weighted by atomic mass is 9.99. The lowest BCUT2D eigenvalue weighted by Crippen LogP contribution is -2.59. The first-order valence-corrected chi connectivity index (χ1v) is 16.6. The van der Waals surface area contributed by atoms with Crippen LogP contribution in [-0.4, -0.2) is 89.6 Å². The van der Waals surface area contributed by atoms with Gasteiger partial charge in [0.25, 0.3) is 0 Å². The second-order valence-electron chi connectivity index (χ2n) is 11.2. The molecule has 0 aromatic heterocycles. The van der Waals surface area contributed by atoms with Gasteiger partial charge in [-0.2, -0.15) is 0 Å². The van der Waals surface area contributed by atoms with E-state index in [2.05, 4.69) is 43.4 Å². The summed E-state index contributed by atoms with van der Waals surface area (Å²) in [6.07, 6.45) is 21.4. The van der Waals surface area contributed by atoms with Crippen molar-refractivity contribution < 1.29 is 44.2 Å². The molecule has 0 aromatic rings. The van der Waals surface area contributed by atoms with Crippen LogP contribution in [0, 0.1) is 0 Å². The normalized spacial score (nSPS) is 23.5. The van der Waals surface area contributed by atoms with Gasteiger partial charge < -0.3 is 39.4 Å². The number of unbranched alkanes of at least 4 members (excludes halogenated alkanes) is 9. The van der Waals surface area contributed by atoms with Gasteiger partial charge in [0, 0.05) is 13.0 Å². The summed E-state index contributed by atoms with van der Waals surface area (Å²) in [5, 5.41) is 39.5. The molecule has 0 saturated carbocycles. The highest BCUT2D eigenvalue weighted by atomic mass is 16.7. The summed E-state index contributed by atoms with van der Waals surface area (Å²) in [6, 6.07) is 0. The molecular formula is C34H60O9. The molecule has 250 valence electrons. The van der Waals surface area contributed by atoms with Crippen LogP contribution in [0.2, 0.25) is 0 Å². The van der Waals surface area contributed by atoms with E-state index >= 15 is 0 Å². The summed E-state index contributed by atoms with van der Waals surface area (Å²) in [6.45, 7) is 4.15. The lowest BCUT2D eigenvalue weighted by molar-refractivity contribution is -0.305. The molecule has 1 heterocycles. The van der Waals surface area contributed by atoms with Gasteiger partial charge in [-0.15, -0.1) is 0 Å². The van der Waals surface area contributed by atoms with Crippen molar-refractivity contribution in [3.05, 3.63) is 36.5 Å². The Hall–Kier alpha value is -1.59. The van der Waals surface area contributed by atoms with E-state index in [-0.39, 0.29) is 19.2 Å². The van der Waals surface area contributed by atoms with E-state index in [1.807, 2.05) is 6.92 Å². The van der Waals surface area contributed by atoms with Crippen molar-refractivity contribution in [2.24, 2.45) is 0 Å². The number of allylic oxidation sites excluding steroid dienone is 6. The van der Waals surface area contributed by atoms with Gasteiger partial charge in [-0.05, 0) is 44.9 Å². The number of ether oxygens (including phenoxy) is 4. The van der Waals surface area contributed by atoms with Gasteiger partial charge in [0.15, 0.2) is 6.29 Å². The molecule has 0 aliphatic carbocycles. The Labute approximate surface area is 260 Å². The quantitative estimate of drug-likeness (QED) is 0.0584. The minimum Gasteiger partial charge on any atom is -0.457 e. The second-order valence-corrected chi connectivity index (χ2v) is 11.2. The average Bonchev–Trinajstić information content (AvgIpc) is 3.01. The fourth-order valence-electron chi connectivity index (χ4n) is 4.66. The number of hydrogen-bond acceptors (Lipinski definition) is 9. The van der Waals surface area contributed by atoms with E-state index < -0.39 is 43.4 Å². The average molecular weight is 613 g/mol. The summed E-state index contributed by atoms with van der Waals surface area (Å²) in [4.78, 5) is 12.2. The van der Waals surface area contributed by atoms with E-state index in [9.17, 15) is 25.2 Å². The molecule has 43 heavy (non-hydrogen) atoms. The van der Waals surface area contributed by atoms with E-state index in [1.54, 1.807) is 0 Å². The minimum atomic E-state index is -1.53. The molecule has 0 aromatic carbocycles. The summed E-state index contributed by atoms with van der Waals surface area (Å²) >= 11 is 0. The number of hydrogen-bond donors (Lipinski definition) is 4. The van der Waals surface area contributed by atoms with Crippen LogP contribution < -0.4 is 0 Å². The van der Waals surface area contributed by atoms with Crippen molar-refractivity contribution >= 4 is 5.97 Å². The van der Waals surface area contributed by atoms with Gasteiger partial charge in [-0.3, -0.25) is 4.79 Å². The van der Waals surface area contributed by atoms with E-state index in [0.717, 1.165) is 44.9 Å². The third-order valence-corrected chi connectivity index (χ3v) is 7.32. The van der Waals surface area contributed by atoms with Crippen LogP contribution in [0.3, 0.4) is 0 Å². The Morgan fingerprint density at radius 1 is 0.767 bits per heavy atom. The predicted molar refractivity (Wildman–Crippen MR) is 168 cm³/mol. The van der Waals surface area contributed by atoms with Crippen molar-refractivity contribution in [2.45, 2.75) is 147 Å². The monoisotopic (exact) mass is 612 g/mol. The molecule has 1 fully saturated rings. The lowest BCUT2D eigenvalue weighted by Gasteiger charge is -2.39. The highest BCUT2D eigenvalue weighted by molar-refractivity contribution is 5.69. The zero-order valence-electron chi connectivity index (χ0n) is 26.7. The van der Waals surface area contributed by atoms with Gasteiger partial charge in [-0.25, -0.2) is 0 Å². The number of rotatable bonds is 26. The molecule has 1 aliphatic heterocycles. The van der Waals surface area contributed by atoms with Gasteiger partial charge in [0.05, 0.1) is 19.8 Å². The van der Waals surface area contributed by atoms with Gasteiger partial charge in [-0.1, -0.05) is 95.2 Å². The number of carbonyl (C=O) groups excluding carboxylic acids is 1. The van der Waals surface area contributed by atoms with Crippen molar-refractivity contribution in [3.8, 4) is 0 Å². The van der Waals surface area contributed by atoms with Crippen LogP contribution in [0.5, 0.6) is 0 Å². The fraction of sp³-hybridized carbons (Fsp3) is 0.794. The molecule has 6 unspecified atom stereocenters. The molecule has 6 atom stereocenters. The molecule has 0 spiro atoms. The molecule has 0 radical (unpaired) electrons. The van der Waals surface area contributed by atoms with E-state index in [4.69, 9.17) is 18.9 Å². The third kappa shape index (κ3) is 19.4. The summed E-state index contributed by atoms with van der Waals surface area (Å²) < 4.78 is 22.3. The molecule has 9 heteroatoms. The Kier molecular flexibility index (Phi) is 24.6. The molecule has 0 bridgehead atoms. The SMILES string of the molecule is CC/C=C\C/C=C\C/C=C\CCCCCCCCCCOCC(COC1OC(CO)C(O)C(O)C1O)OC(=O)CCCC. The molecule has 0 amide bonds. The number of aliphatic hydroxyl groups excluding tert-OH is 4. The van der Waals surface area contributed by atoms with Crippen LogP contribution in [0.15, 0.2) is 36.5 Å². The summed E-state index contributed by atoms with van der Waals surface area (Å²) in [5.41, 5.74) is 0. The standard InChI is InChI=1S/C34H60O9/c1-3-5-7-8-9-10-11-12-13-14-15-16-17-18-19-20-21-22-24-40-26-28(42-30(36)23-6-4-2)27-41-34-33(39)32(38)31(37)29(25-35)43-34/h5,7,9-10,12-13,28-29,31-35,37-39H,3-4,6,8,11,14-27H2,1-2H3/b7-5-,10-9-,13-12-. The molecular weight excluding hydrogens is 552 g/mol. The maximum absolute atomic E-state index is 12.2. The first-order valence-electron chi connectivity index (χ1n) is 16.6. The smallest absolute Gasteiger partial charge is 0.306 e. The van der Waals surface area contributed by atoms with E-state index in [0.29, 0.717) is 19.4 Å². The van der Waals surface area contributed by atoms with Gasteiger partial charge in [0.1, 0.15) is 30.5 Å². The van der Waals surface area contributed by atoms with Gasteiger partial charge in [0.2, 0.25) is 0 Å². The van der Waals surface area contributed by atoms with Gasteiger partial charge >= 0.3 is 5.97 Å². The minimum absolute atomic E-state index is 0.121. The van der Waals surface area contributed by atoms with Crippen LogP contribution >= 0.6 is 0 Å². The first kappa shape index (κ1) is 39.4. The van der Waals surface area contributed by atoms with Crippen molar-refractivity contribution in [1.82, 2.24) is 0 Å². The van der Waals surface area contributed by atoms with Crippen molar-refractivity contribution in [3.63, 3.8) is 0 Å². The van der Waals surface area contributed by atoms with E-state index in [1.165, 1.54) is 38.5 Å². The fourth-order valence-corrected chi connectivity index (χ4v) is 4.66. The van der Waals surface area contributed by atoms with Crippen molar-refractivity contribution in [1.29, 1.82) is 0 Å². The number of aliphatic hydroxyl groups is 4. The molecule has 9 nitrogen and oxygen atoms in total. The first-order chi connectivity index (χ1) is 20.9. The Morgan fingerprint density at radius 2 is 1.40 bits per heavy atom. The van der Waals surface area contributed by atoms with Crippen LogP contribution in [0.25, 0.3) is 0 Å². The van der Waals surface area contributed by atoms with Crippen molar-refractivity contribution in [2.75, 3.05) is 26.4 Å². The molecule has 1 aliphatic rings. The second kappa shape index (κ2) is 26.8. The Balaban J connectivity index is 2.17. The zero-order valence-corrected chi connectivity index (χ0v) is 26.7. The topological polar surface area (TPSA) is 135 Å². The highest BCUT2D eigenvalue weighted by Crippen LogP contribution is 2.22. The maximum Gasteiger partial charge on any atom is 0.306 e. The van der Waals surface area contributed by atoms with Crippen LogP contribution in [-0.2, 0) is 23.7 Å². The number of carbonyl (C=O) groups is 1. The van der Waals surface area contributed by atoms with Crippen LogP contribution in [0.1, 0.15) is 110 Å². The summed E-state index contributed by atoms with van der Waals surface area (Å²) in [7, 11) is 0. The molecule has 1 rings (SSSR count). The molecule has 4 N–H and O–H groups in total. The summed E-state index contributed by atoms with van der Waals surface area (Å²) in [5.74, 6) is -0.355. The van der Waals surface area contributed by atoms with Crippen LogP contribution in [0.4, 0.5) is 0 Å². The highest BCUT2D eigenvalue weighted by Gasteiger charge is 2.44. The Bertz CT molecular complexity index is 752. The molecule has 1 saturated heterocycles. The zero-order chi connectivity index (χ0) is 31.5. The largest absolute Gasteiger partial charge is 0.457 e.